The van der Waals surface area contributed by atoms with E-state index in [1.807, 2.05) is 18.2 Å². The van der Waals surface area contributed by atoms with Gasteiger partial charge in [-0.3, -0.25) is 14.7 Å². The van der Waals surface area contributed by atoms with E-state index in [1.165, 1.54) is 11.1 Å². The van der Waals surface area contributed by atoms with Gasteiger partial charge in [-0.25, -0.2) is 5.43 Å². The lowest BCUT2D eigenvalue weighted by atomic mass is 10.0. The molecule has 2 N–H and O–H groups in total. The summed E-state index contributed by atoms with van der Waals surface area (Å²) in [6.07, 6.45) is 5.31. The highest BCUT2D eigenvalue weighted by Crippen LogP contribution is 2.24. The summed E-state index contributed by atoms with van der Waals surface area (Å²) in [5.74, 6) is -0.194. The number of H-pyrrole nitrogens is 1. The Balaban J connectivity index is 1.96. The zero-order valence-corrected chi connectivity index (χ0v) is 15.8. The predicted octanol–water partition coefficient (Wildman–Crippen LogP) is 2.79. The molecule has 3 heterocycles. The van der Waals surface area contributed by atoms with Crippen molar-refractivity contribution in [2.24, 2.45) is 5.10 Å². The molecule has 0 aromatic carbocycles. The summed E-state index contributed by atoms with van der Waals surface area (Å²) >= 11 is 0. The molecule has 0 aliphatic carbocycles. The van der Waals surface area contributed by atoms with E-state index in [1.54, 1.807) is 12.4 Å². The second-order valence-corrected chi connectivity index (χ2v) is 6.43. The van der Waals surface area contributed by atoms with Crippen LogP contribution in [0.15, 0.2) is 35.2 Å². The Bertz CT molecular complexity index is 860. The summed E-state index contributed by atoms with van der Waals surface area (Å²) in [7, 11) is 0. The van der Waals surface area contributed by atoms with Crippen molar-refractivity contribution in [1.29, 1.82) is 0 Å². The summed E-state index contributed by atoms with van der Waals surface area (Å²) in [4.78, 5) is 22.2. The summed E-state index contributed by atoms with van der Waals surface area (Å²) in [5, 5.41) is 4.19. The molecule has 136 valence electrons. The number of hydrogen-bond donors (Lipinski definition) is 2. The molecule has 3 rings (SSSR count). The lowest BCUT2D eigenvalue weighted by Crippen LogP contribution is -2.22. The molecule has 0 saturated carbocycles. The number of nitrogens with zero attached hydrogens (tertiary/aromatic N) is 3. The van der Waals surface area contributed by atoms with Crippen LogP contribution in [-0.4, -0.2) is 39.6 Å². The summed E-state index contributed by atoms with van der Waals surface area (Å²) < 4.78 is 0. The van der Waals surface area contributed by atoms with Gasteiger partial charge in [0.15, 0.2) is 0 Å². The molecular weight excluding hydrogens is 326 g/mol. The minimum atomic E-state index is -0.194. The van der Waals surface area contributed by atoms with Crippen molar-refractivity contribution in [1.82, 2.24) is 20.3 Å². The molecule has 0 spiro atoms. The first kappa shape index (κ1) is 18.1. The van der Waals surface area contributed by atoms with Crippen LogP contribution in [0.1, 0.15) is 41.9 Å². The fourth-order valence-corrected chi connectivity index (χ4v) is 3.20. The standard InChI is InChI=1S/C20H25N5O/c1-5-25(6-2)12-17-13(3)18(22-14(17)4)10-16-19(23-24-20(16)26)15-8-7-9-21-11-15/h7-11,22H,5-6,12H2,1-4H3,(H,24,26). The van der Waals surface area contributed by atoms with Gasteiger partial charge >= 0.3 is 0 Å². The molecule has 6 nitrogen and oxygen atoms in total. The Morgan fingerprint density at radius 1 is 1.23 bits per heavy atom. The fourth-order valence-electron chi connectivity index (χ4n) is 3.20. The van der Waals surface area contributed by atoms with E-state index in [-0.39, 0.29) is 5.91 Å². The van der Waals surface area contributed by atoms with Crippen LogP contribution in [0.4, 0.5) is 0 Å². The van der Waals surface area contributed by atoms with E-state index in [0.717, 1.165) is 36.6 Å². The van der Waals surface area contributed by atoms with Crippen LogP contribution in [0, 0.1) is 13.8 Å². The molecule has 26 heavy (non-hydrogen) atoms. The highest BCUT2D eigenvalue weighted by Gasteiger charge is 2.25. The number of carbonyl (C=O) groups is 1. The average molecular weight is 351 g/mol. The summed E-state index contributed by atoms with van der Waals surface area (Å²) in [6.45, 7) is 11.4. The largest absolute Gasteiger partial charge is 0.359 e. The molecule has 2 aromatic rings. The van der Waals surface area contributed by atoms with Crippen LogP contribution in [0.5, 0.6) is 0 Å². The van der Waals surface area contributed by atoms with Gasteiger partial charge in [0, 0.05) is 35.9 Å². The normalized spacial score (nSPS) is 15.7. The highest BCUT2D eigenvalue weighted by atomic mass is 16.2. The van der Waals surface area contributed by atoms with E-state index >= 15 is 0 Å². The number of carbonyl (C=O) groups excluding carboxylic acids is 1. The van der Waals surface area contributed by atoms with Gasteiger partial charge < -0.3 is 4.98 Å². The van der Waals surface area contributed by atoms with Crippen molar-refractivity contribution in [2.45, 2.75) is 34.2 Å². The van der Waals surface area contributed by atoms with Crippen molar-refractivity contribution in [3.8, 4) is 0 Å². The molecule has 0 saturated heterocycles. The van der Waals surface area contributed by atoms with E-state index in [9.17, 15) is 4.79 Å². The van der Waals surface area contributed by atoms with Crippen LogP contribution < -0.4 is 5.43 Å². The third kappa shape index (κ3) is 3.46. The van der Waals surface area contributed by atoms with E-state index in [0.29, 0.717) is 11.3 Å². The molecule has 1 amide bonds. The van der Waals surface area contributed by atoms with Gasteiger partial charge in [0.1, 0.15) is 5.71 Å². The molecule has 0 radical (unpaired) electrons. The zero-order chi connectivity index (χ0) is 18.7. The molecule has 0 bridgehead atoms. The molecule has 0 atom stereocenters. The van der Waals surface area contributed by atoms with E-state index < -0.39 is 0 Å². The second kappa shape index (κ2) is 7.66. The van der Waals surface area contributed by atoms with Crippen molar-refractivity contribution in [3.05, 3.63) is 58.2 Å². The number of aromatic nitrogens is 2. The van der Waals surface area contributed by atoms with Crippen molar-refractivity contribution < 1.29 is 4.79 Å². The SMILES string of the molecule is CCN(CC)Cc1c(C)[nH]c(C=C2C(=O)NN=C2c2cccnc2)c1C. The van der Waals surface area contributed by atoms with Crippen molar-refractivity contribution in [2.75, 3.05) is 13.1 Å². The fraction of sp³-hybridized carbons (Fsp3) is 0.350. The Hall–Kier alpha value is -2.73. The van der Waals surface area contributed by atoms with Gasteiger partial charge in [-0.05, 0) is 56.3 Å². The average Bonchev–Trinajstić information content (AvgIpc) is 3.14. The topological polar surface area (TPSA) is 73.4 Å². The third-order valence-electron chi connectivity index (χ3n) is 4.90. The van der Waals surface area contributed by atoms with Gasteiger partial charge in [0.2, 0.25) is 0 Å². The summed E-state index contributed by atoms with van der Waals surface area (Å²) in [6, 6.07) is 3.74. The Kier molecular flexibility index (Phi) is 5.32. The third-order valence-corrected chi connectivity index (χ3v) is 4.90. The van der Waals surface area contributed by atoms with Crippen LogP contribution in [0.2, 0.25) is 0 Å². The maximum Gasteiger partial charge on any atom is 0.273 e. The van der Waals surface area contributed by atoms with Crippen molar-refractivity contribution >= 4 is 17.7 Å². The van der Waals surface area contributed by atoms with Crippen LogP contribution >= 0.6 is 0 Å². The Morgan fingerprint density at radius 2 is 2.00 bits per heavy atom. The van der Waals surface area contributed by atoms with Crippen LogP contribution in [0.25, 0.3) is 6.08 Å². The first-order chi connectivity index (χ1) is 12.5. The number of amides is 1. The number of aromatic amines is 1. The maximum absolute atomic E-state index is 12.3. The van der Waals surface area contributed by atoms with E-state index in [4.69, 9.17) is 0 Å². The molecular formula is C20H25N5O. The molecule has 1 aliphatic rings. The Labute approximate surface area is 154 Å². The first-order valence-corrected chi connectivity index (χ1v) is 8.96. The van der Waals surface area contributed by atoms with Gasteiger partial charge in [-0.1, -0.05) is 13.8 Å². The lowest BCUT2D eigenvalue weighted by molar-refractivity contribution is -0.116. The predicted molar refractivity (Wildman–Crippen MR) is 104 cm³/mol. The number of pyridine rings is 1. The first-order valence-electron chi connectivity index (χ1n) is 8.96. The maximum atomic E-state index is 12.3. The van der Waals surface area contributed by atoms with Gasteiger partial charge in [0.25, 0.3) is 5.91 Å². The number of hydrazone groups is 1. The minimum Gasteiger partial charge on any atom is -0.359 e. The summed E-state index contributed by atoms with van der Waals surface area (Å²) in [5.41, 5.74) is 9.11. The molecule has 0 fully saturated rings. The number of aryl methyl sites for hydroxylation is 1. The zero-order valence-electron chi connectivity index (χ0n) is 15.8. The van der Waals surface area contributed by atoms with Gasteiger partial charge in [0.05, 0.1) is 5.57 Å². The highest BCUT2D eigenvalue weighted by molar-refractivity contribution is 6.33. The number of nitrogens with one attached hydrogen (secondary N) is 2. The van der Waals surface area contributed by atoms with Gasteiger partial charge in [-0.2, -0.15) is 5.10 Å². The number of rotatable bonds is 6. The van der Waals surface area contributed by atoms with Crippen molar-refractivity contribution in [3.63, 3.8) is 0 Å². The smallest absolute Gasteiger partial charge is 0.273 e. The monoisotopic (exact) mass is 351 g/mol. The quantitative estimate of drug-likeness (QED) is 0.786. The molecule has 1 aliphatic heterocycles. The van der Waals surface area contributed by atoms with Gasteiger partial charge in [-0.15, -0.1) is 0 Å². The van der Waals surface area contributed by atoms with Crippen LogP contribution in [0.3, 0.4) is 0 Å². The molecule has 2 aromatic heterocycles. The Morgan fingerprint density at radius 3 is 2.65 bits per heavy atom. The minimum absolute atomic E-state index is 0.194. The second-order valence-electron chi connectivity index (χ2n) is 6.43. The number of hydrogen-bond acceptors (Lipinski definition) is 4. The molecule has 0 unspecified atom stereocenters. The van der Waals surface area contributed by atoms with E-state index in [2.05, 4.69) is 53.1 Å². The molecule has 6 heteroatoms. The van der Waals surface area contributed by atoms with Crippen LogP contribution in [-0.2, 0) is 11.3 Å². The lowest BCUT2D eigenvalue weighted by Gasteiger charge is -2.18.